The van der Waals surface area contributed by atoms with E-state index in [1.165, 1.54) is 30.9 Å². The second-order valence-electron chi connectivity index (χ2n) is 24.7. The number of ether oxygens (including phenoxy) is 5. The zero-order valence-corrected chi connectivity index (χ0v) is 57.0. The fourth-order valence-electron chi connectivity index (χ4n) is 11.5. The van der Waals surface area contributed by atoms with E-state index < -0.39 is 95.2 Å². The molecule has 0 unspecified atom stereocenters. The minimum Gasteiger partial charge on any atom is -0.465 e. The predicted octanol–water partition coefficient (Wildman–Crippen LogP) is 8.71. The van der Waals surface area contributed by atoms with Crippen LogP contribution in [0.3, 0.4) is 0 Å². The lowest BCUT2D eigenvalue weighted by atomic mass is 9.78. The van der Waals surface area contributed by atoms with Crippen LogP contribution in [0, 0.1) is 30.6 Å². The zero-order chi connectivity index (χ0) is 66.4. The highest BCUT2D eigenvalue weighted by molar-refractivity contribution is 9.09. The van der Waals surface area contributed by atoms with Crippen LogP contribution in [0.5, 0.6) is 0 Å². The van der Waals surface area contributed by atoms with Crippen molar-refractivity contribution in [2.45, 2.75) is 173 Å². The largest absolute Gasteiger partial charge is 0.465 e. The molecule has 90 heavy (non-hydrogen) atoms. The molecule has 4 bridgehead atoms. The molecule has 5 amide bonds. The normalized spacial score (nSPS) is 23.9. The number of allylic oxidation sites excluding steroid dienone is 3. The number of pyridine rings is 1. The number of nitrogens with one attached hydrogen (secondary N) is 2. The van der Waals surface area contributed by atoms with Gasteiger partial charge in [-0.1, -0.05) is 100 Å². The molecule has 10 atom stereocenters. The van der Waals surface area contributed by atoms with Crippen molar-refractivity contribution in [1.82, 2.24) is 20.5 Å². The van der Waals surface area contributed by atoms with Crippen LogP contribution in [-0.2, 0) is 70.1 Å². The topological polar surface area (TPSA) is 293 Å². The van der Waals surface area contributed by atoms with Crippen molar-refractivity contribution >= 4 is 113 Å². The molecule has 2 saturated heterocycles. The minimum absolute atomic E-state index is 0.00334. The van der Waals surface area contributed by atoms with Gasteiger partial charge in [0.25, 0.3) is 5.91 Å². The highest BCUT2D eigenvalue weighted by Crippen LogP contribution is 2.50. The van der Waals surface area contributed by atoms with E-state index in [0.29, 0.717) is 70.1 Å². The highest BCUT2D eigenvalue weighted by atomic mass is 79.9. The van der Waals surface area contributed by atoms with Crippen LogP contribution >= 0.6 is 43.5 Å². The Morgan fingerprint density at radius 2 is 1.71 bits per heavy atom. The number of halogens is 3. The maximum Gasteiger partial charge on any atom is 0.328 e. The molecule has 2 fully saturated rings. The fraction of sp³-hybridized carbons (Fsp3) is 0.576. The lowest BCUT2D eigenvalue weighted by Crippen LogP contribution is -2.53. The number of esters is 3. The van der Waals surface area contributed by atoms with Crippen molar-refractivity contribution in [2.24, 2.45) is 29.4 Å². The Labute approximate surface area is 548 Å². The van der Waals surface area contributed by atoms with Gasteiger partial charge in [-0.3, -0.25) is 38.5 Å². The number of ketones is 2. The number of nitrogens with zero attached hydrogens (tertiary/aromatic N) is 3. The number of likely N-dealkylation sites (N-methyl/N-ethyl adjacent to an activating group) is 1. The molecule has 0 aliphatic carbocycles. The van der Waals surface area contributed by atoms with Crippen molar-refractivity contribution in [3.8, 4) is 0 Å². The highest BCUT2D eigenvalue weighted by Gasteiger charge is 2.64. The first-order chi connectivity index (χ1) is 42.5. The number of carbonyl (C=O) groups excluding carboxylic acids is 9. The minimum atomic E-state index is -1.64. The van der Waals surface area contributed by atoms with E-state index in [4.69, 9.17) is 46.0 Å². The van der Waals surface area contributed by atoms with Gasteiger partial charge < -0.3 is 55.0 Å². The Hall–Kier alpha value is -6.11. The molecule has 4 heterocycles. The number of aliphatic hydroxyl groups is 1. The average molecular weight is 1400 g/mol. The van der Waals surface area contributed by atoms with Crippen LogP contribution in [-0.4, -0.2) is 161 Å². The number of aryl methyl sites for hydroxylation is 1. The Morgan fingerprint density at radius 3 is 2.39 bits per heavy atom. The number of benzene rings is 2. The van der Waals surface area contributed by atoms with Gasteiger partial charge in [-0.25, -0.2) is 9.59 Å². The summed E-state index contributed by atoms with van der Waals surface area (Å²) < 4.78 is 29.6. The predicted molar refractivity (Wildman–Crippen MR) is 347 cm³/mol. The van der Waals surface area contributed by atoms with E-state index in [9.17, 15) is 48.3 Å². The van der Waals surface area contributed by atoms with Crippen LogP contribution in [0.15, 0.2) is 66.3 Å². The number of rotatable bonds is 26. The summed E-state index contributed by atoms with van der Waals surface area (Å²) in [6.45, 7) is 12.9. The summed E-state index contributed by atoms with van der Waals surface area (Å²) in [6, 6.07) is 8.94. The number of hydrogen-bond donors (Lipinski definition) is 4. The number of primary amides is 1. The third-order valence-electron chi connectivity index (χ3n) is 17.4. The van der Waals surface area contributed by atoms with E-state index in [2.05, 4.69) is 42.5 Å². The number of hydrogen-bond acceptors (Lipinski definition) is 16. The summed E-state index contributed by atoms with van der Waals surface area (Å²) in [5, 5.41) is 19.3. The number of methoxy groups -OCH3 is 1. The number of nitrogens with two attached hydrogens (primary N) is 1. The van der Waals surface area contributed by atoms with Gasteiger partial charge in [0.05, 0.1) is 60.2 Å². The monoisotopic (exact) mass is 1400 g/mol. The molecule has 492 valence electrons. The lowest BCUT2D eigenvalue weighted by molar-refractivity contribution is -0.187. The number of epoxide rings is 1. The molecule has 24 heteroatoms. The van der Waals surface area contributed by atoms with E-state index >= 15 is 0 Å². The molecule has 2 aromatic carbocycles. The van der Waals surface area contributed by atoms with Gasteiger partial charge in [-0.2, -0.15) is 0 Å². The van der Waals surface area contributed by atoms with Crippen LogP contribution in [0.4, 0.5) is 10.5 Å². The molecule has 1 aromatic heterocycles. The van der Waals surface area contributed by atoms with Crippen LogP contribution < -0.4 is 21.3 Å². The number of unbranched alkanes of at least 4 members (excludes halogenated alkanes) is 2. The van der Waals surface area contributed by atoms with Gasteiger partial charge in [-0.05, 0) is 114 Å². The number of Topliss-reactive ketones (excluding diaryl/α,β-unsaturated/α-hetero) is 2. The SMILES string of the molecule is CO[C@@H]1/C=C/C=C(\C)Cc2cc(C)c(Cl)c(c2)N(C)C(=O)C[C@H](OC(=O)[C@H](C)N(C)C(=O)c2ccc3nc(CC(=O)[C@H](CCCNC(N)=O)NC(=O)[C@@H](CC(=O)CCCCCOC(=O)C(CBr)CBr)C(C)C)ccc3c2)[C@]2(C)O[C@H]2[C@H](C)[C@@H]2C[C@@]1(O)CC(=O)O2. The van der Waals surface area contributed by atoms with Crippen molar-refractivity contribution in [3.05, 3.63) is 93.7 Å². The number of anilines is 1. The standard InChI is InChI=1S/C66H87Br2ClN6O15/c1-37(2)48(31-47(76)17-12-11-13-25-87-63(83)45(35-67)36-68)60(80)73-50(18-15-24-71-64(70)84)52(77)30-46-22-20-43-29-44(21-23-49(43)72-46)61(81)74(8)41(6)62(82)89-55-32-56(78)75(9)51-28-42(27-39(4)58(51)69)26-38(3)16-14-19-54(86-10)66(85)33-53(88-57(79)34-66)40(5)59-65(55,7)90-59/h14,16,19-23,27-29,37,40-41,45,48,50,53-55,59,85H,11-13,15,17-18,24-26,30-36H2,1-10H3,(H,73,80)(H3,70,71,84)/b19-14+,38-16+/t40-,41+,48+,50+,53+,54-,55+,59+,65+,66-/m1/s1. The summed E-state index contributed by atoms with van der Waals surface area (Å²) in [4.78, 5) is 129. The summed E-state index contributed by atoms with van der Waals surface area (Å²) >= 11 is 13.5. The first-order valence-corrected chi connectivity index (χ1v) is 33.2. The Balaban J connectivity index is 1.15. The number of aromatic nitrogens is 1. The molecule has 3 aliphatic rings. The maximum absolute atomic E-state index is 14.5. The van der Waals surface area contributed by atoms with E-state index in [-0.39, 0.29) is 93.0 Å². The quantitative estimate of drug-likeness (QED) is 0.0192. The fourth-order valence-corrected chi connectivity index (χ4v) is 13.4. The molecule has 6 rings (SSSR count). The molecule has 21 nitrogen and oxygen atoms in total. The Morgan fingerprint density at radius 1 is 0.989 bits per heavy atom. The summed E-state index contributed by atoms with van der Waals surface area (Å²) in [6.07, 6.45) is 3.79. The molecular weight excluding hydrogens is 1310 g/mol. The van der Waals surface area contributed by atoms with Crippen LogP contribution in [0.2, 0.25) is 5.02 Å². The average Bonchev–Trinajstić information content (AvgIpc) is 1.57. The molecule has 5 N–H and O–H groups in total. The second-order valence-corrected chi connectivity index (χ2v) is 26.3. The van der Waals surface area contributed by atoms with Crippen molar-refractivity contribution in [1.29, 1.82) is 0 Å². The Kier molecular flexibility index (Phi) is 26.7. The zero-order valence-electron chi connectivity index (χ0n) is 53.1. The van der Waals surface area contributed by atoms with Gasteiger partial charge in [0.2, 0.25) is 11.8 Å². The summed E-state index contributed by atoms with van der Waals surface area (Å²) in [7, 11) is 4.50. The molecule has 0 radical (unpaired) electrons. The molecule has 0 saturated carbocycles. The van der Waals surface area contributed by atoms with Crippen LogP contribution in [0.25, 0.3) is 10.9 Å². The number of alkyl halides is 2. The van der Waals surface area contributed by atoms with Crippen molar-refractivity contribution in [2.75, 3.05) is 49.9 Å². The molecule has 3 aromatic rings. The lowest BCUT2D eigenvalue weighted by Gasteiger charge is -2.41. The smallest absolute Gasteiger partial charge is 0.328 e. The van der Waals surface area contributed by atoms with Crippen molar-refractivity contribution < 1.29 is 71.9 Å². The molecular formula is C66H87Br2ClN6O15. The van der Waals surface area contributed by atoms with Gasteiger partial charge in [0.1, 0.15) is 41.3 Å². The molecule has 3 aliphatic heterocycles. The van der Waals surface area contributed by atoms with E-state index in [0.717, 1.165) is 16.7 Å². The third kappa shape index (κ3) is 19.2. The van der Waals surface area contributed by atoms with E-state index in [1.54, 1.807) is 63.4 Å². The summed E-state index contributed by atoms with van der Waals surface area (Å²) in [5.74, 6) is -5.49. The summed E-state index contributed by atoms with van der Waals surface area (Å²) in [5.41, 5.74) is 6.38. The number of carbonyl (C=O) groups is 9. The van der Waals surface area contributed by atoms with Crippen LogP contribution in [0.1, 0.15) is 133 Å². The third-order valence-corrected chi connectivity index (χ3v) is 19.4. The Bertz CT molecular complexity index is 3200. The molecule has 0 spiro atoms. The van der Waals surface area contributed by atoms with Gasteiger partial charge >= 0.3 is 23.9 Å². The maximum atomic E-state index is 14.5. The van der Waals surface area contributed by atoms with Gasteiger partial charge in [-0.15, -0.1) is 0 Å². The number of urea groups is 1. The number of fused-ring (bicyclic) bond motifs is 6. The first kappa shape index (κ1) is 72.9. The van der Waals surface area contributed by atoms with Gasteiger partial charge in [0.15, 0.2) is 5.78 Å². The number of amides is 5. The first-order valence-electron chi connectivity index (χ1n) is 30.6. The second kappa shape index (κ2) is 32.9. The van der Waals surface area contributed by atoms with Crippen molar-refractivity contribution in [3.63, 3.8) is 0 Å². The van der Waals surface area contributed by atoms with E-state index in [1.807, 2.05) is 45.9 Å². The van der Waals surface area contributed by atoms with Gasteiger partial charge in [0, 0.05) is 86.2 Å².